The topological polar surface area (TPSA) is 38.0 Å². The van der Waals surface area contributed by atoms with Gasteiger partial charge in [-0.05, 0) is 42.0 Å². The highest BCUT2D eigenvalue weighted by molar-refractivity contribution is 5.85. The molecular weight excluding hydrogens is 304 g/mol. The first-order valence-corrected chi connectivity index (χ1v) is 8.46. The summed E-state index contributed by atoms with van der Waals surface area (Å²) in [6, 6.07) is 19.3. The molecule has 1 fully saturated rings. The van der Waals surface area contributed by atoms with Crippen LogP contribution in [0.3, 0.4) is 0 Å². The van der Waals surface area contributed by atoms with Crippen LogP contribution in [0, 0.1) is 5.92 Å². The van der Waals surface area contributed by atoms with E-state index in [1.54, 1.807) is 0 Å². The lowest BCUT2D eigenvalue weighted by molar-refractivity contribution is 0.308. The van der Waals surface area contributed by atoms with E-state index >= 15 is 0 Å². The second-order valence-corrected chi connectivity index (χ2v) is 6.39. The molecular formula is C20H27ClN2. The zero-order chi connectivity index (χ0) is 15.2. The molecule has 3 rings (SSSR count). The van der Waals surface area contributed by atoms with Crippen LogP contribution >= 0.6 is 12.4 Å². The molecule has 2 aromatic rings. The Labute approximate surface area is 145 Å². The molecule has 1 aliphatic rings. The van der Waals surface area contributed by atoms with Gasteiger partial charge in [0.2, 0.25) is 0 Å². The molecule has 0 aliphatic heterocycles. The molecule has 3 N–H and O–H groups in total. The summed E-state index contributed by atoms with van der Waals surface area (Å²) < 4.78 is 0. The third-order valence-electron chi connectivity index (χ3n) is 4.79. The summed E-state index contributed by atoms with van der Waals surface area (Å²) in [4.78, 5) is 0. The van der Waals surface area contributed by atoms with Gasteiger partial charge >= 0.3 is 0 Å². The van der Waals surface area contributed by atoms with Crippen molar-refractivity contribution in [2.24, 2.45) is 11.7 Å². The van der Waals surface area contributed by atoms with E-state index < -0.39 is 0 Å². The number of nitrogens with two attached hydrogens (primary N) is 1. The van der Waals surface area contributed by atoms with Crippen molar-refractivity contribution in [2.75, 3.05) is 5.32 Å². The molecule has 0 saturated heterocycles. The Balaban J connectivity index is 0.00000192. The largest absolute Gasteiger partial charge is 0.381 e. The Bertz CT molecular complexity index is 562. The van der Waals surface area contributed by atoms with Crippen molar-refractivity contribution in [3.8, 4) is 0 Å². The monoisotopic (exact) mass is 330 g/mol. The van der Waals surface area contributed by atoms with E-state index in [0.717, 1.165) is 12.2 Å². The van der Waals surface area contributed by atoms with E-state index in [4.69, 9.17) is 5.73 Å². The third kappa shape index (κ3) is 4.98. The average Bonchev–Trinajstić information content (AvgIpc) is 2.61. The standard InChI is InChI=1S/C20H26N2.ClH/c21-20(17-9-5-2-6-10-17)18-11-13-19(14-12-18)22-15-16-7-3-1-4-8-16;/h1,3-4,7-8,11-14,17,20,22H,2,5-6,9-10,15,21H2;1H/t20-;/m1./s1. The van der Waals surface area contributed by atoms with Crippen LogP contribution in [0.2, 0.25) is 0 Å². The van der Waals surface area contributed by atoms with Gasteiger partial charge in [-0.2, -0.15) is 0 Å². The molecule has 1 aliphatic carbocycles. The molecule has 0 heterocycles. The fourth-order valence-electron chi connectivity index (χ4n) is 3.39. The fourth-order valence-corrected chi connectivity index (χ4v) is 3.39. The zero-order valence-corrected chi connectivity index (χ0v) is 14.4. The Morgan fingerprint density at radius 2 is 1.57 bits per heavy atom. The molecule has 2 nitrogen and oxygen atoms in total. The summed E-state index contributed by atoms with van der Waals surface area (Å²) >= 11 is 0. The molecule has 0 bridgehead atoms. The first-order chi connectivity index (χ1) is 10.8. The minimum absolute atomic E-state index is 0. The number of hydrogen-bond acceptors (Lipinski definition) is 2. The highest BCUT2D eigenvalue weighted by Gasteiger charge is 2.21. The minimum Gasteiger partial charge on any atom is -0.381 e. The molecule has 0 radical (unpaired) electrons. The normalized spacial score (nSPS) is 16.4. The maximum absolute atomic E-state index is 6.46. The van der Waals surface area contributed by atoms with Crippen LogP contribution in [0.1, 0.15) is 49.3 Å². The summed E-state index contributed by atoms with van der Waals surface area (Å²) in [5, 5.41) is 3.47. The van der Waals surface area contributed by atoms with Crippen molar-refractivity contribution >= 4 is 18.1 Å². The Morgan fingerprint density at radius 1 is 0.913 bits per heavy atom. The summed E-state index contributed by atoms with van der Waals surface area (Å²) in [6.07, 6.45) is 6.64. The van der Waals surface area contributed by atoms with Gasteiger partial charge in [0.25, 0.3) is 0 Å². The van der Waals surface area contributed by atoms with Crippen molar-refractivity contribution in [3.63, 3.8) is 0 Å². The predicted octanol–water partition coefficient (Wildman–Crippen LogP) is 5.30. The van der Waals surface area contributed by atoms with Gasteiger partial charge in [0.15, 0.2) is 0 Å². The van der Waals surface area contributed by atoms with E-state index in [9.17, 15) is 0 Å². The van der Waals surface area contributed by atoms with Crippen molar-refractivity contribution in [3.05, 3.63) is 65.7 Å². The van der Waals surface area contributed by atoms with Crippen molar-refractivity contribution in [2.45, 2.75) is 44.7 Å². The van der Waals surface area contributed by atoms with Crippen LogP contribution < -0.4 is 11.1 Å². The van der Waals surface area contributed by atoms with E-state index in [1.165, 1.54) is 43.2 Å². The second-order valence-electron chi connectivity index (χ2n) is 6.39. The lowest BCUT2D eigenvalue weighted by atomic mass is 9.81. The van der Waals surface area contributed by atoms with Crippen molar-refractivity contribution in [1.29, 1.82) is 0 Å². The number of anilines is 1. The number of rotatable bonds is 5. The molecule has 2 aromatic carbocycles. The smallest absolute Gasteiger partial charge is 0.0400 e. The van der Waals surface area contributed by atoms with Crippen LogP contribution in [0.15, 0.2) is 54.6 Å². The van der Waals surface area contributed by atoms with Crippen LogP contribution in [-0.2, 0) is 6.54 Å². The first kappa shape index (κ1) is 17.8. The maximum atomic E-state index is 6.46. The van der Waals surface area contributed by atoms with Gasteiger partial charge < -0.3 is 11.1 Å². The highest BCUT2D eigenvalue weighted by Crippen LogP contribution is 2.33. The second kappa shape index (κ2) is 8.95. The zero-order valence-electron chi connectivity index (χ0n) is 13.6. The highest BCUT2D eigenvalue weighted by atomic mass is 35.5. The number of benzene rings is 2. The lowest BCUT2D eigenvalue weighted by Crippen LogP contribution is -2.23. The summed E-state index contributed by atoms with van der Waals surface area (Å²) in [7, 11) is 0. The van der Waals surface area contributed by atoms with Crippen LogP contribution in [0.5, 0.6) is 0 Å². The third-order valence-corrected chi connectivity index (χ3v) is 4.79. The van der Waals surface area contributed by atoms with Crippen molar-refractivity contribution < 1.29 is 0 Å². The predicted molar refractivity (Wildman–Crippen MR) is 101 cm³/mol. The molecule has 124 valence electrons. The SMILES string of the molecule is Cl.N[C@@H](c1ccc(NCc2ccccc2)cc1)C1CCCCC1. The Hall–Kier alpha value is -1.51. The van der Waals surface area contributed by atoms with Gasteiger partial charge in [-0.25, -0.2) is 0 Å². The summed E-state index contributed by atoms with van der Waals surface area (Å²) in [5.41, 5.74) is 10.2. The lowest BCUT2D eigenvalue weighted by Gasteiger charge is -2.27. The quantitative estimate of drug-likeness (QED) is 0.780. The molecule has 23 heavy (non-hydrogen) atoms. The average molecular weight is 331 g/mol. The molecule has 0 spiro atoms. The van der Waals surface area contributed by atoms with Gasteiger partial charge in [0, 0.05) is 18.3 Å². The molecule has 0 aromatic heterocycles. The number of hydrogen-bond donors (Lipinski definition) is 2. The van der Waals surface area contributed by atoms with E-state index in [-0.39, 0.29) is 18.4 Å². The molecule has 1 saturated carbocycles. The van der Waals surface area contributed by atoms with Gasteiger partial charge in [0.1, 0.15) is 0 Å². The molecule has 3 heteroatoms. The van der Waals surface area contributed by atoms with Crippen LogP contribution in [0.25, 0.3) is 0 Å². The van der Waals surface area contributed by atoms with Gasteiger partial charge in [-0.3, -0.25) is 0 Å². The molecule has 0 amide bonds. The van der Waals surface area contributed by atoms with Crippen LogP contribution in [0.4, 0.5) is 5.69 Å². The molecule has 0 unspecified atom stereocenters. The molecule has 1 atom stereocenters. The van der Waals surface area contributed by atoms with E-state index in [2.05, 4.69) is 53.8 Å². The van der Waals surface area contributed by atoms with E-state index in [1.807, 2.05) is 6.07 Å². The van der Waals surface area contributed by atoms with Gasteiger partial charge in [0.05, 0.1) is 0 Å². The van der Waals surface area contributed by atoms with Crippen molar-refractivity contribution in [1.82, 2.24) is 0 Å². The number of halogens is 1. The summed E-state index contributed by atoms with van der Waals surface area (Å²) in [6.45, 7) is 0.856. The van der Waals surface area contributed by atoms with Crippen LogP contribution in [-0.4, -0.2) is 0 Å². The maximum Gasteiger partial charge on any atom is 0.0400 e. The van der Waals surface area contributed by atoms with Gasteiger partial charge in [-0.1, -0.05) is 61.7 Å². The minimum atomic E-state index is 0. The first-order valence-electron chi connectivity index (χ1n) is 8.46. The summed E-state index contributed by atoms with van der Waals surface area (Å²) in [5.74, 6) is 0.664. The Morgan fingerprint density at radius 3 is 2.22 bits per heavy atom. The Kier molecular flexibility index (Phi) is 6.94. The van der Waals surface area contributed by atoms with E-state index in [0.29, 0.717) is 5.92 Å². The number of nitrogens with one attached hydrogen (secondary N) is 1. The fraction of sp³-hybridized carbons (Fsp3) is 0.400. The van der Waals surface area contributed by atoms with Gasteiger partial charge in [-0.15, -0.1) is 12.4 Å².